The number of anilines is 3. The Kier molecular flexibility index (Phi) is 38.2. The number of fused-ring (bicyclic) bond motifs is 5. The second-order valence-corrected chi connectivity index (χ2v) is 34.6. The standard InChI is InChI=1S/C93H131N17O20/c1-58-18-12-11-13-19-59(2)74(121-8)49-70-23-21-64(7)93(120,130-70)83(115)88(117)109-30-16-14-20-71(109)89(118)128-75(50-72(111)60(3)45-63(6)81(114)82(123-10)80(113)62(5)44-58)61(4)46-65-22-24-73(76(47-65)122-9)129-92(119)97-29-37-125-39-41-127-43-42-126-40-38-124-36-26-77(112)98-51-66-52-100-90(101-53-66)107-32-34-108(35-33-107)91-102-55-69(56-103-91)87(116)96-27-15-17-31-110-86-78(84(94)104-57-105-86)79(106-110)68-48-67-25-28-95-85(67)99-54-68/h11-13,18-19,25,28,45,48,52-58,60-62,64-65,70-71,73-76,81-82,114,120H,14-17,20-24,26-27,29-44,46-47,49-51H2,1-10H3,(H,95,99)(H,96,116)(H,97,119)(H,98,112)(H2,94,104,105)/b13-11+,18-12+,59-19+,63-45+/t58-,60-,61-,62-,64-,65+,70+,71+,73-,74+,75+,76-,81-,82+,93-/m1/s1. The summed E-state index contributed by atoms with van der Waals surface area (Å²) in [5, 5.41) is 38.9. The number of aliphatic hydroxyl groups is 2. The zero-order chi connectivity index (χ0) is 92.8. The molecule has 0 spiro atoms. The van der Waals surface area contributed by atoms with Crippen molar-refractivity contribution in [2.75, 3.05) is 136 Å². The van der Waals surface area contributed by atoms with Gasteiger partial charge in [-0.05, 0) is 132 Å². The van der Waals surface area contributed by atoms with Gasteiger partial charge >= 0.3 is 12.1 Å². The van der Waals surface area contributed by atoms with E-state index in [2.05, 4.69) is 60.7 Å². The number of methoxy groups -OCH3 is 3. The van der Waals surface area contributed by atoms with Gasteiger partial charge in [0.25, 0.3) is 17.6 Å². The molecule has 6 aromatic heterocycles. The summed E-state index contributed by atoms with van der Waals surface area (Å²) < 4.78 is 60.3. The van der Waals surface area contributed by atoms with E-state index in [4.69, 9.17) is 58.2 Å². The van der Waals surface area contributed by atoms with Crippen LogP contribution in [0.15, 0.2) is 103 Å². The van der Waals surface area contributed by atoms with Crippen LogP contribution in [0.5, 0.6) is 0 Å². The third-order valence-corrected chi connectivity index (χ3v) is 25.1. The fourth-order valence-electron chi connectivity index (χ4n) is 17.3. The first-order valence-corrected chi connectivity index (χ1v) is 45.6. The van der Waals surface area contributed by atoms with Crippen LogP contribution >= 0.6 is 0 Å². The number of hydrogen-bond donors (Lipinski definition) is 7. The molecule has 2 bridgehead atoms. The monoisotopic (exact) mass is 1810 g/mol. The lowest BCUT2D eigenvalue weighted by atomic mass is 9.78. The highest BCUT2D eigenvalue weighted by atomic mass is 16.6. The van der Waals surface area contributed by atoms with Crippen molar-refractivity contribution >= 4 is 86.9 Å². The topological polar surface area (TPSA) is 465 Å². The van der Waals surface area contributed by atoms with Crippen molar-refractivity contribution in [1.82, 2.24) is 70.5 Å². The van der Waals surface area contributed by atoms with Crippen molar-refractivity contribution < 1.29 is 95.9 Å². The van der Waals surface area contributed by atoms with E-state index < -0.39 is 102 Å². The number of unbranched alkanes of at least 4 members (excludes halogenated alkanes) is 1. The predicted octanol–water partition coefficient (Wildman–Crippen LogP) is 8.07. The van der Waals surface area contributed by atoms with Gasteiger partial charge in [-0.2, -0.15) is 5.10 Å². The number of rotatable bonds is 33. The minimum Gasteiger partial charge on any atom is -0.460 e. The molecule has 8 N–H and O–H groups in total. The van der Waals surface area contributed by atoms with E-state index in [-0.39, 0.29) is 100 Å². The number of hydrogen-bond acceptors (Lipinski definition) is 31. The number of aromatic amines is 1. The van der Waals surface area contributed by atoms with Crippen molar-refractivity contribution in [3.05, 3.63) is 114 Å². The number of alkyl carbamates (subject to hydrolysis) is 1. The van der Waals surface area contributed by atoms with Gasteiger partial charge in [0.2, 0.25) is 23.6 Å². The number of esters is 1. The quantitative estimate of drug-likeness (QED) is 0.00885. The van der Waals surface area contributed by atoms with Crippen LogP contribution in [0, 0.1) is 35.5 Å². The Bertz CT molecular complexity index is 4850. The number of aryl methyl sites for hydroxylation is 1. The van der Waals surface area contributed by atoms with Crippen LogP contribution in [0.1, 0.15) is 161 Å². The molecular formula is C93H131N17O20. The summed E-state index contributed by atoms with van der Waals surface area (Å²) in [6.07, 6.45) is 22.2. The molecule has 708 valence electrons. The number of H-pyrrole nitrogens is 1. The molecule has 37 heteroatoms. The summed E-state index contributed by atoms with van der Waals surface area (Å²) in [7, 11) is 4.48. The highest BCUT2D eigenvalue weighted by Crippen LogP contribution is 2.40. The summed E-state index contributed by atoms with van der Waals surface area (Å²) in [6, 6.07) is 2.73. The molecule has 1 saturated carbocycles. The number of piperidine rings is 1. The van der Waals surface area contributed by atoms with Crippen LogP contribution < -0.4 is 31.5 Å². The fourth-order valence-corrected chi connectivity index (χ4v) is 17.3. The number of cyclic esters (lactones) is 1. The molecule has 3 saturated heterocycles. The molecule has 0 unspecified atom stereocenters. The zero-order valence-electron chi connectivity index (χ0n) is 76.6. The van der Waals surface area contributed by atoms with Crippen molar-refractivity contribution in [1.29, 1.82) is 0 Å². The Hall–Kier alpha value is -10.5. The molecule has 5 aliphatic rings. The molecule has 4 fully saturated rings. The molecule has 130 heavy (non-hydrogen) atoms. The van der Waals surface area contributed by atoms with Gasteiger partial charge in [0.05, 0.1) is 82.1 Å². The summed E-state index contributed by atoms with van der Waals surface area (Å²) in [4.78, 5) is 151. The zero-order valence-corrected chi connectivity index (χ0v) is 76.6. The van der Waals surface area contributed by atoms with Crippen LogP contribution in [0.3, 0.4) is 0 Å². The first-order valence-electron chi connectivity index (χ1n) is 45.6. The molecular weight excluding hydrogens is 1680 g/mol. The number of aliphatic hydroxyl groups excluding tert-OH is 1. The van der Waals surface area contributed by atoms with Crippen LogP contribution in [0.4, 0.5) is 22.5 Å². The molecule has 10 heterocycles. The summed E-state index contributed by atoms with van der Waals surface area (Å²) in [5.74, 6) is -7.74. The molecule has 4 aliphatic heterocycles. The Morgan fingerprint density at radius 1 is 0.715 bits per heavy atom. The number of nitrogens with two attached hydrogens (primary N) is 1. The predicted molar refractivity (Wildman–Crippen MR) is 482 cm³/mol. The number of allylic oxidation sites excluding steroid dienone is 6. The summed E-state index contributed by atoms with van der Waals surface area (Å²) >= 11 is 0. The largest absolute Gasteiger partial charge is 0.460 e. The van der Waals surface area contributed by atoms with Crippen molar-refractivity contribution in [3.63, 3.8) is 0 Å². The molecule has 37 nitrogen and oxygen atoms in total. The van der Waals surface area contributed by atoms with E-state index in [9.17, 15) is 48.6 Å². The van der Waals surface area contributed by atoms with Gasteiger partial charge in [0, 0.05) is 171 Å². The average molecular weight is 1810 g/mol. The first kappa shape index (κ1) is 100. The number of ether oxygens (including phenoxy) is 10. The van der Waals surface area contributed by atoms with Crippen molar-refractivity contribution in [2.45, 2.75) is 212 Å². The average Bonchev–Trinajstić information content (AvgIpc) is 1.57. The normalized spacial score (nSPS) is 26.7. The maximum atomic E-state index is 14.8. The van der Waals surface area contributed by atoms with Gasteiger partial charge in [-0.1, -0.05) is 71.1 Å². The van der Waals surface area contributed by atoms with Crippen LogP contribution in [-0.2, 0) is 89.2 Å². The van der Waals surface area contributed by atoms with E-state index in [1.165, 1.54) is 30.7 Å². The molecule has 1 aliphatic carbocycles. The SMILES string of the molecule is CO[C@H]1C[C@@H]2CC[C@@H](C)[C@@](O)(O2)C(=O)C(=O)N2CCCC[C@H]2C(=O)O[C@H]([C@H](C)C[C@@H]2CC[C@@H](OC(=O)NCCOCCOCCOCCOCCC(=O)NCc3cnc(N4CCN(c5ncc(C(=O)NCCCCn6nc(-c7cnc8[nH]ccc8c7)c7c(N)ncnc76)cn5)CC4)nc3)[C@H](OC)C2)CC(=O)[C@H](C)/C=C(\C)[C@@H](O)[C@@H](OC)C(=O)[C@H](C)C[C@H](C)/C=C/C=C/C=C/1C. The number of aromatic nitrogens is 10. The smallest absolute Gasteiger partial charge is 0.407 e. The third-order valence-electron chi connectivity index (χ3n) is 25.1. The molecule has 6 aromatic rings. The van der Waals surface area contributed by atoms with Gasteiger partial charge in [-0.25, -0.2) is 49.2 Å². The van der Waals surface area contributed by atoms with Crippen LogP contribution in [0.25, 0.3) is 33.3 Å². The Morgan fingerprint density at radius 2 is 1.42 bits per heavy atom. The number of piperazine rings is 1. The number of nitrogen functional groups attached to an aromatic ring is 1. The number of amides is 4. The van der Waals surface area contributed by atoms with Gasteiger partial charge in [-0.3, -0.25) is 28.8 Å². The number of carbonyl (C=O) groups excluding carboxylic acids is 8. The molecule has 0 radical (unpaired) electrons. The molecule has 11 rings (SSSR count). The Balaban J connectivity index is 0.537. The number of pyridine rings is 1. The van der Waals surface area contributed by atoms with E-state index in [1.54, 1.807) is 66.6 Å². The van der Waals surface area contributed by atoms with Crippen molar-refractivity contribution in [2.24, 2.45) is 35.5 Å². The maximum Gasteiger partial charge on any atom is 0.407 e. The molecule has 4 amide bonds. The van der Waals surface area contributed by atoms with E-state index in [1.807, 2.05) is 79.1 Å². The third kappa shape index (κ3) is 27.8. The minimum absolute atomic E-state index is 0.0228. The number of nitrogens with one attached hydrogen (secondary N) is 4. The second kappa shape index (κ2) is 49.7. The van der Waals surface area contributed by atoms with E-state index >= 15 is 0 Å². The first-order chi connectivity index (χ1) is 62.7. The highest BCUT2D eigenvalue weighted by molar-refractivity contribution is 6.39. The van der Waals surface area contributed by atoms with Crippen molar-refractivity contribution in [3.8, 4) is 11.3 Å². The van der Waals surface area contributed by atoms with Gasteiger partial charge in [-0.15, -0.1) is 0 Å². The van der Waals surface area contributed by atoms with Crippen LogP contribution in [-0.4, -0.2) is 286 Å². The molecule has 15 atom stereocenters. The summed E-state index contributed by atoms with van der Waals surface area (Å²) in [5.41, 5.74) is 11.5. The lowest BCUT2D eigenvalue weighted by Crippen LogP contribution is -2.61. The lowest BCUT2D eigenvalue weighted by Gasteiger charge is -2.42. The lowest BCUT2D eigenvalue weighted by molar-refractivity contribution is -0.265. The van der Waals surface area contributed by atoms with E-state index in [0.29, 0.717) is 189 Å². The number of Topliss-reactive ketones (excluding diaryl/α,β-unsaturated/α-hetero) is 3. The second-order valence-electron chi connectivity index (χ2n) is 34.6. The van der Waals surface area contributed by atoms with Gasteiger partial charge in [0.1, 0.15) is 59.7 Å². The Labute approximate surface area is 758 Å². The summed E-state index contributed by atoms with van der Waals surface area (Å²) in [6.45, 7) is 18.7. The van der Waals surface area contributed by atoms with E-state index in [0.717, 1.165) is 27.7 Å². The highest BCUT2D eigenvalue weighted by Gasteiger charge is 2.53. The number of nitrogens with zero attached hydrogens (tertiary/aromatic N) is 12. The van der Waals surface area contributed by atoms with Gasteiger partial charge in [0.15, 0.2) is 11.4 Å². The number of carbonyl (C=O) groups is 8. The van der Waals surface area contributed by atoms with Gasteiger partial charge < -0.3 is 98.9 Å². The molecule has 0 aromatic carbocycles. The fraction of sp³-hybridized carbons (Fsp3) is 0.613. The Morgan fingerprint density at radius 3 is 2.12 bits per heavy atom. The number of ketones is 3. The van der Waals surface area contributed by atoms with Crippen LogP contribution in [0.2, 0.25) is 0 Å². The maximum absolute atomic E-state index is 14.8. The minimum atomic E-state index is -2.49.